The zero-order chi connectivity index (χ0) is 18.6. The Morgan fingerprint density at radius 1 is 0.962 bits per heavy atom. The van der Waals surface area contributed by atoms with Crippen molar-refractivity contribution in [1.29, 1.82) is 0 Å². The maximum absolute atomic E-state index is 13.1. The van der Waals surface area contributed by atoms with Gasteiger partial charge in [-0.3, -0.25) is 0 Å². The molecule has 3 aromatic rings. The Kier molecular flexibility index (Phi) is 4.92. The minimum Gasteiger partial charge on any atom is -0.497 e. The molecule has 1 aromatic heterocycles. The number of nitrogens with zero attached hydrogens (tertiary/aromatic N) is 2. The van der Waals surface area contributed by atoms with Crippen molar-refractivity contribution in [3.63, 3.8) is 0 Å². The van der Waals surface area contributed by atoms with Gasteiger partial charge in [0.05, 0.1) is 18.4 Å². The Morgan fingerprint density at radius 2 is 1.77 bits per heavy atom. The van der Waals surface area contributed by atoms with Crippen molar-refractivity contribution >= 4 is 23.1 Å². The topological polar surface area (TPSA) is 59.1 Å². The molecular weight excluding hydrogens is 345 g/mol. The van der Waals surface area contributed by atoms with E-state index in [1.807, 2.05) is 6.07 Å². The fraction of sp³-hybridized carbons (Fsp3) is 0.111. The lowest BCUT2D eigenvalue weighted by Crippen LogP contribution is -2.09. The highest BCUT2D eigenvalue weighted by Crippen LogP contribution is 2.35. The molecule has 0 aliphatic rings. The van der Waals surface area contributed by atoms with Gasteiger partial charge in [0, 0.05) is 18.0 Å². The summed E-state index contributed by atoms with van der Waals surface area (Å²) in [5.74, 6) is 1.15. The molecule has 2 aromatic carbocycles. The number of alkyl halides is 3. The van der Waals surface area contributed by atoms with Crippen molar-refractivity contribution < 1.29 is 17.9 Å². The molecule has 0 spiro atoms. The van der Waals surface area contributed by atoms with Gasteiger partial charge in [-0.25, -0.2) is 4.98 Å². The van der Waals surface area contributed by atoms with Gasteiger partial charge in [-0.05, 0) is 30.3 Å². The first-order valence-electron chi connectivity index (χ1n) is 7.63. The second-order valence-corrected chi connectivity index (χ2v) is 5.29. The second-order valence-electron chi connectivity index (χ2n) is 5.29. The van der Waals surface area contributed by atoms with Crippen LogP contribution in [-0.2, 0) is 6.18 Å². The first-order chi connectivity index (χ1) is 12.5. The first kappa shape index (κ1) is 17.5. The number of rotatable bonds is 5. The maximum atomic E-state index is 13.1. The van der Waals surface area contributed by atoms with Crippen LogP contribution in [0.25, 0.3) is 0 Å². The number of benzene rings is 2. The van der Waals surface area contributed by atoms with Gasteiger partial charge in [-0.1, -0.05) is 18.2 Å². The van der Waals surface area contributed by atoms with E-state index in [0.717, 1.165) is 11.8 Å². The Bertz CT molecular complexity index is 899. The van der Waals surface area contributed by atoms with Crippen molar-refractivity contribution in [3.05, 3.63) is 66.4 Å². The average molecular weight is 360 g/mol. The van der Waals surface area contributed by atoms with Crippen molar-refractivity contribution in [3.8, 4) is 5.75 Å². The van der Waals surface area contributed by atoms with Crippen LogP contribution in [0.1, 0.15) is 5.56 Å². The SMILES string of the molecule is COc1cccc(Nc2ccnc(Nc3ccccc3C(F)(F)F)n2)c1. The van der Waals surface area contributed by atoms with E-state index in [-0.39, 0.29) is 11.6 Å². The van der Waals surface area contributed by atoms with Crippen LogP contribution in [0.3, 0.4) is 0 Å². The molecule has 0 radical (unpaired) electrons. The molecular formula is C18H15F3N4O. The van der Waals surface area contributed by atoms with E-state index in [2.05, 4.69) is 20.6 Å². The number of nitrogens with one attached hydrogen (secondary N) is 2. The molecule has 0 saturated heterocycles. The molecule has 134 valence electrons. The highest BCUT2D eigenvalue weighted by atomic mass is 19.4. The van der Waals surface area contributed by atoms with E-state index in [9.17, 15) is 13.2 Å². The summed E-state index contributed by atoms with van der Waals surface area (Å²) in [6.45, 7) is 0. The summed E-state index contributed by atoms with van der Waals surface area (Å²) in [7, 11) is 1.56. The van der Waals surface area contributed by atoms with Crippen molar-refractivity contribution in [2.45, 2.75) is 6.18 Å². The number of para-hydroxylation sites is 1. The van der Waals surface area contributed by atoms with E-state index in [0.29, 0.717) is 11.6 Å². The van der Waals surface area contributed by atoms with Gasteiger partial charge >= 0.3 is 6.18 Å². The highest BCUT2D eigenvalue weighted by Gasteiger charge is 2.33. The Labute approximate surface area is 147 Å². The van der Waals surface area contributed by atoms with Crippen LogP contribution < -0.4 is 15.4 Å². The average Bonchev–Trinajstić information content (AvgIpc) is 2.62. The lowest BCUT2D eigenvalue weighted by Gasteiger charge is -2.14. The van der Waals surface area contributed by atoms with Crippen molar-refractivity contribution in [1.82, 2.24) is 9.97 Å². The van der Waals surface area contributed by atoms with Crippen molar-refractivity contribution in [2.24, 2.45) is 0 Å². The number of ether oxygens (including phenoxy) is 1. The molecule has 0 bridgehead atoms. The fourth-order valence-corrected chi connectivity index (χ4v) is 2.30. The quantitative estimate of drug-likeness (QED) is 0.671. The Balaban J connectivity index is 1.82. The molecule has 0 aliphatic carbocycles. The standard InChI is InChI=1S/C18H15F3N4O/c1-26-13-6-4-5-12(11-13)23-16-9-10-22-17(25-16)24-15-8-3-2-7-14(15)18(19,20)21/h2-11H,1H3,(H2,22,23,24,25). The van der Waals surface area contributed by atoms with Gasteiger partial charge in [0.2, 0.25) is 5.95 Å². The molecule has 8 heteroatoms. The third kappa shape index (κ3) is 4.21. The fourth-order valence-electron chi connectivity index (χ4n) is 2.30. The van der Waals surface area contributed by atoms with Crippen LogP contribution in [-0.4, -0.2) is 17.1 Å². The summed E-state index contributed by atoms with van der Waals surface area (Å²) in [6.07, 6.45) is -3.02. The third-order valence-corrected chi connectivity index (χ3v) is 3.48. The molecule has 1 heterocycles. The lowest BCUT2D eigenvalue weighted by molar-refractivity contribution is -0.136. The van der Waals surface area contributed by atoms with Gasteiger partial charge in [-0.15, -0.1) is 0 Å². The van der Waals surface area contributed by atoms with E-state index in [1.54, 1.807) is 31.4 Å². The summed E-state index contributed by atoms with van der Waals surface area (Å²) in [4.78, 5) is 8.18. The molecule has 5 nitrogen and oxygen atoms in total. The first-order valence-corrected chi connectivity index (χ1v) is 7.63. The molecule has 0 saturated carbocycles. The van der Waals surface area contributed by atoms with Crippen LogP contribution in [0.15, 0.2) is 60.8 Å². The lowest BCUT2D eigenvalue weighted by atomic mass is 10.1. The molecule has 2 N–H and O–H groups in total. The summed E-state index contributed by atoms with van der Waals surface area (Å²) >= 11 is 0. The summed E-state index contributed by atoms with van der Waals surface area (Å²) in [5, 5.41) is 5.68. The Hall–Kier alpha value is -3.29. The van der Waals surface area contributed by atoms with Gasteiger partial charge in [0.1, 0.15) is 11.6 Å². The summed E-state index contributed by atoms with van der Waals surface area (Å²) in [6, 6.07) is 14.0. The monoisotopic (exact) mass is 360 g/mol. The van der Waals surface area contributed by atoms with Gasteiger partial charge in [0.25, 0.3) is 0 Å². The number of halogens is 3. The zero-order valence-corrected chi connectivity index (χ0v) is 13.7. The van der Waals surface area contributed by atoms with Gasteiger partial charge in [-0.2, -0.15) is 18.2 Å². The van der Waals surface area contributed by atoms with E-state index >= 15 is 0 Å². The minimum atomic E-state index is -4.47. The number of hydrogen-bond donors (Lipinski definition) is 2. The Morgan fingerprint density at radius 3 is 2.54 bits per heavy atom. The van der Waals surface area contributed by atoms with Crippen LogP contribution in [0, 0.1) is 0 Å². The van der Waals surface area contributed by atoms with E-state index in [1.165, 1.54) is 24.4 Å². The van der Waals surface area contributed by atoms with Crippen molar-refractivity contribution in [2.75, 3.05) is 17.7 Å². The maximum Gasteiger partial charge on any atom is 0.418 e. The largest absolute Gasteiger partial charge is 0.497 e. The number of methoxy groups -OCH3 is 1. The summed E-state index contributed by atoms with van der Waals surface area (Å²) < 4.78 is 44.4. The van der Waals surface area contributed by atoms with Crippen LogP contribution in [0.5, 0.6) is 5.75 Å². The normalized spacial score (nSPS) is 11.1. The number of anilines is 4. The molecule has 0 atom stereocenters. The molecule has 0 aliphatic heterocycles. The van der Waals surface area contributed by atoms with E-state index < -0.39 is 11.7 Å². The minimum absolute atomic E-state index is 0.0506. The zero-order valence-electron chi connectivity index (χ0n) is 13.7. The molecule has 26 heavy (non-hydrogen) atoms. The van der Waals surface area contributed by atoms with Gasteiger partial charge < -0.3 is 15.4 Å². The molecule has 3 rings (SSSR count). The highest BCUT2D eigenvalue weighted by molar-refractivity contribution is 5.62. The van der Waals surface area contributed by atoms with Crippen LogP contribution in [0.4, 0.5) is 36.3 Å². The summed E-state index contributed by atoms with van der Waals surface area (Å²) in [5.41, 5.74) is -0.169. The molecule has 0 fully saturated rings. The predicted molar refractivity (Wildman–Crippen MR) is 93.0 cm³/mol. The smallest absolute Gasteiger partial charge is 0.418 e. The second kappa shape index (κ2) is 7.30. The van der Waals surface area contributed by atoms with Crippen LogP contribution in [0.2, 0.25) is 0 Å². The number of hydrogen-bond acceptors (Lipinski definition) is 5. The van der Waals surface area contributed by atoms with E-state index in [4.69, 9.17) is 4.74 Å². The third-order valence-electron chi connectivity index (χ3n) is 3.48. The molecule has 0 unspecified atom stereocenters. The van der Waals surface area contributed by atoms with Gasteiger partial charge in [0.15, 0.2) is 0 Å². The molecule has 0 amide bonds. The van der Waals surface area contributed by atoms with Crippen LogP contribution >= 0.6 is 0 Å². The number of aromatic nitrogens is 2. The predicted octanol–water partition coefficient (Wildman–Crippen LogP) is 4.99.